The lowest BCUT2D eigenvalue weighted by Gasteiger charge is -2.12. The average Bonchev–Trinajstić information content (AvgIpc) is 2.58. The van der Waals surface area contributed by atoms with E-state index >= 15 is 0 Å². The van der Waals surface area contributed by atoms with Crippen LogP contribution in [0.5, 0.6) is 0 Å². The van der Waals surface area contributed by atoms with Gasteiger partial charge in [0.2, 0.25) is 0 Å². The van der Waals surface area contributed by atoms with E-state index in [9.17, 15) is 27.7 Å². The lowest BCUT2D eigenvalue weighted by atomic mass is 10.1. The molecule has 0 aromatic heterocycles. The van der Waals surface area contributed by atoms with Crippen molar-refractivity contribution in [3.05, 3.63) is 92.9 Å². The van der Waals surface area contributed by atoms with E-state index in [1.165, 1.54) is 12.1 Å². The van der Waals surface area contributed by atoms with Crippen molar-refractivity contribution in [2.24, 2.45) is 0 Å². The maximum Gasteiger partial charge on any atom is 0.274 e. The number of rotatable bonds is 9. The van der Waals surface area contributed by atoms with Crippen molar-refractivity contribution in [2.75, 3.05) is 13.1 Å². The second-order valence-electron chi connectivity index (χ2n) is 5.65. The Bertz CT molecular complexity index is 784. The van der Waals surface area contributed by atoms with E-state index in [-0.39, 0.29) is 42.9 Å². The Hall–Kier alpha value is -3.10. The molecule has 5 nitrogen and oxygen atoms in total. The number of halogens is 4. The Kier molecular flexibility index (Phi) is 7.16. The van der Waals surface area contributed by atoms with Crippen LogP contribution in [0.2, 0.25) is 0 Å². The van der Waals surface area contributed by atoms with Gasteiger partial charge in [-0.15, -0.1) is 0 Å². The molecule has 0 heterocycles. The third kappa shape index (κ3) is 6.61. The van der Waals surface area contributed by atoms with Crippen LogP contribution in [0.1, 0.15) is 11.1 Å². The molecule has 2 N–H and O–H groups in total. The molecule has 2 aromatic carbocycles. The van der Waals surface area contributed by atoms with Gasteiger partial charge in [0.15, 0.2) is 5.82 Å². The minimum atomic E-state index is -0.698. The quantitative estimate of drug-likeness (QED) is 0.396. The summed E-state index contributed by atoms with van der Waals surface area (Å²) in [7, 11) is 0. The van der Waals surface area contributed by atoms with Gasteiger partial charge in [-0.3, -0.25) is 10.1 Å². The van der Waals surface area contributed by atoms with Gasteiger partial charge in [0.05, 0.1) is 4.92 Å². The van der Waals surface area contributed by atoms with Gasteiger partial charge < -0.3 is 10.6 Å². The van der Waals surface area contributed by atoms with Gasteiger partial charge in [-0.2, -0.15) is 0 Å². The number of hydrogen-bond donors (Lipinski definition) is 2. The lowest BCUT2D eigenvalue weighted by Crippen LogP contribution is -2.30. The molecule has 2 rings (SSSR count). The molecular formula is C18H17F4N3O2. The summed E-state index contributed by atoms with van der Waals surface area (Å²) in [6, 6.07) is 6.38. The minimum Gasteiger partial charge on any atom is -0.366 e. The zero-order chi connectivity index (χ0) is 19.8. The maximum absolute atomic E-state index is 13.6. The first-order chi connectivity index (χ1) is 12.8. The second-order valence-corrected chi connectivity index (χ2v) is 5.65. The molecule has 0 fully saturated rings. The van der Waals surface area contributed by atoms with Crippen molar-refractivity contribution in [2.45, 2.75) is 12.8 Å². The molecule has 9 heteroatoms. The minimum absolute atomic E-state index is 0.0602. The second kappa shape index (κ2) is 9.56. The fourth-order valence-electron chi connectivity index (χ4n) is 2.37. The van der Waals surface area contributed by atoms with Crippen LogP contribution in [-0.4, -0.2) is 18.0 Å². The smallest absolute Gasteiger partial charge is 0.274 e. The highest BCUT2D eigenvalue weighted by Crippen LogP contribution is 2.11. The summed E-state index contributed by atoms with van der Waals surface area (Å²) in [6.45, 7) is 0.306. The monoisotopic (exact) mass is 383 g/mol. The van der Waals surface area contributed by atoms with E-state index in [4.69, 9.17) is 0 Å². The van der Waals surface area contributed by atoms with Crippen LogP contribution in [0, 0.1) is 33.4 Å². The first-order valence-corrected chi connectivity index (χ1v) is 8.06. The van der Waals surface area contributed by atoms with Crippen molar-refractivity contribution >= 4 is 0 Å². The van der Waals surface area contributed by atoms with E-state index in [2.05, 4.69) is 10.6 Å². The van der Waals surface area contributed by atoms with Gasteiger partial charge in [-0.1, -0.05) is 12.1 Å². The molecule has 0 amide bonds. The standard InChI is InChI=1S/C18H17F4N3O2/c19-14-3-1-12(16(21)9-14)5-7-23-18(11-25(26)27)24-8-6-13-2-4-15(20)10-17(13)22/h1-4,9-11,23-24H,5-8H2. The Labute approximate surface area is 152 Å². The highest BCUT2D eigenvalue weighted by molar-refractivity contribution is 5.20. The Morgan fingerprint density at radius 3 is 1.70 bits per heavy atom. The predicted octanol–water partition coefficient (Wildman–Crippen LogP) is 3.28. The average molecular weight is 383 g/mol. The highest BCUT2D eigenvalue weighted by atomic mass is 19.1. The van der Waals surface area contributed by atoms with Crippen LogP contribution < -0.4 is 10.6 Å². The SMILES string of the molecule is O=[N+]([O-])C=C(NCCc1ccc(F)cc1F)NCCc1ccc(F)cc1F. The van der Waals surface area contributed by atoms with Crippen LogP contribution in [-0.2, 0) is 12.8 Å². The molecule has 27 heavy (non-hydrogen) atoms. The lowest BCUT2D eigenvalue weighted by molar-refractivity contribution is -0.404. The molecule has 0 saturated heterocycles. The van der Waals surface area contributed by atoms with Crippen LogP contribution in [0.4, 0.5) is 17.6 Å². The van der Waals surface area contributed by atoms with Crippen molar-refractivity contribution in [1.29, 1.82) is 0 Å². The van der Waals surface area contributed by atoms with Crippen molar-refractivity contribution < 1.29 is 22.5 Å². The summed E-state index contributed by atoms with van der Waals surface area (Å²) in [6.07, 6.45) is 1.05. The van der Waals surface area contributed by atoms with Crippen LogP contribution in [0.3, 0.4) is 0 Å². The van der Waals surface area contributed by atoms with Crippen LogP contribution in [0.25, 0.3) is 0 Å². The Balaban J connectivity index is 1.88. The topological polar surface area (TPSA) is 67.2 Å². The van der Waals surface area contributed by atoms with Gasteiger partial charge in [-0.25, -0.2) is 17.6 Å². The summed E-state index contributed by atoms with van der Waals surface area (Å²) in [5.74, 6) is -2.71. The molecular weight excluding hydrogens is 366 g/mol. The molecule has 0 bridgehead atoms. The van der Waals surface area contributed by atoms with Crippen LogP contribution >= 0.6 is 0 Å². The molecule has 0 aliphatic heterocycles. The molecule has 2 aromatic rings. The molecule has 0 unspecified atom stereocenters. The number of nitro groups is 1. The summed E-state index contributed by atoms with van der Waals surface area (Å²) >= 11 is 0. The van der Waals surface area contributed by atoms with Crippen molar-refractivity contribution in [1.82, 2.24) is 10.6 Å². The van der Waals surface area contributed by atoms with Gasteiger partial charge in [0.25, 0.3) is 6.20 Å². The van der Waals surface area contributed by atoms with Crippen molar-refractivity contribution in [3.63, 3.8) is 0 Å². The maximum atomic E-state index is 13.6. The van der Waals surface area contributed by atoms with E-state index < -0.39 is 28.2 Å². The number of nitrogens with one attached hydrogen (secondary N) is 2. The molecule has 0 aliphatic carbocycles. The van der Waals surface area contributed by atoms with Gasteiger partial charge in [-0.05, 0) is 36.1 Å². The van der Waals surface area contributed by atoms with E-state index in [1.807, 2.05) is 0 Å². The van der Waals surface area contributed by atoms with E-state index in [1.54, 1.807) is 0 Å². The molecule has 144 valence electrons. The van der Waals surface area contributed by atoms with E-state index in [0.717, 1.165) is 24.3 Å². The fraction of sp³-hybridized carbons (Fsp3) is 0.222. The summed E-state index contributed by atoms with van der Waals surface area (Å²) < 4.78 is 52.9. The first kappa shape index (κ1) is 20.2. The summed E-state index contributed by atoms with van der Waals surface area (Å²) in [5, 5.41) is 16.2. The largest absolute Gasteiger partial charge is 0.366 e. The van der Waals surface area contributed by atoms with Crippen LogP contribution in [0.15, 0.2) is 48.4 Å². The van der Waals surface area contributed by atoms with Gasteiger partial charge in [0.1, 0.15) is 23.3 Å². The predicted molar refractivity (Wildman–Crippen MR) is 91.2 cm³/mol. The molecule has 0 saturated carbocycles. The number of hydrogen-bond acceptors (Lipinski definition) is 4. The summed E-state index contributed by atoms with van der Waals surface area (Å²) in [4.78, 5) is 10.0. The first-order valence-electron chi connectivity index (χ1n) is 8.06. The van der Waals surface area contributed by atoms with Gasteiger partial charge >= 0.3 is 0 Å². The normalized spacial score (nSPS) is 10.4. The Morgan fingerprint density at radius 2 is 1.33 bits per heavy atom. The Morgan fingerprint density at radius 1 is 0.889 bits per heavy atom. The van der Waals surface area contributed by atoms with Gasteiger partial charge in [0, 0.05) is 25.2 Å². The zero-order valence-corrected chi connectivity index (χ0v) is 14.1. The highest BCUT2D eigenvalue weighted by Gasteiger charge is 2.08. The molecule has 0 spiro atoms. The van der Waals surface area contributed by atoms with Crippen molar-refractivity contribution in [3.8, 4) is 0 Å². The fourth-order valence-corrected chi connectivity index (χ4v) is 2.37. The zero-order valence-electron chi connectivity index (χ0n) is 14.1. The molecule has 0 aliphatic rings. The third-order valence-corrected chi connectivity index (χ3v) is 3.68. The number of benzene rings is 2. The number of nitrogens with zero attached hydrogens (tertiary/aromatic N) is 1. The summed E-state index contributed by atoms with van der Waals surface area (Å²) in [5.41, 5.74) is 0.524. The van der Waals surface area contributed by atoms with E-state index in [0.29, 0.717) is 6.20 Å². The molecule has 0 radical (unpaired) electrons. The third-order valence-electron chi connectivity index (χ3n) is 3.68. The molecule has 0 atom stereocenters.